The minimum absolute atomic E-state index is 0.0590. The number of benzene rings is 1. The van der Waals surface area contributed by atoms with Gasteiger partial charge in [-0.1, -0.05) is 39.0 Å². The van der Waals surface area contributed by atoms with Gasteiger partial charge in [0, 0.05) is 54.8 Å². The highest BCUT2D eigenvalue weighted by molar-refractivity contribution is 5.81. The predicted molar refractivity (Wildman–Crippen MR) is 111 cm³/mol. The molecule has 28 heavy (non-hydrogen) atoms. The van der Waals surface area contributed by atoms with E-state index in [1.807, 2.05) is 74.1 Å². The zero-order valence-corrected chi connectivity index (χ0v) is 16.6. The van der Waals surface area contributed by atoms with Gasteiger partial charge >= 0.3 is 0 Å². The number of rotatable bonds is 7. The summed E-state index contributed by atoms with van der Waals surface area (Å²) < 4.78 is 1.90. The van der Waals surface area contributed by atoms with E-state index in [9.17, 15) is 4.79 Å². The van der Waals surface area contributed by atoms with Crippen molar-refractivity contribution in [3.63, 3.8) is 0 Å². The number of amides is 1. The Labute approximate surface area is 166 Å². The van der Waals surface area contributed by atoms with Crippen LogP contribution in [0.5, 0.6) is 0 Å². The van der Waals surface area contributed by atoms with Crippen LogP contribution in [0, 0.1) is 5.41 Å². The van der Waals surface area contributed by atoms with Crippen LogP contribution < -0.4 is 10.6 Å². The number of carbonyl (C=O) groups is 1. The lowest BCUT2D eigenvalue weighted by molar-refractivity contribution is -0.128. The molecule has 0 radical (unpaired) electrons. The molecule has 146 valence electrons. The summed E-state index contributed by atoms with van der Waals surface area (Å²) in [5.74, 6) is 0.0590. The Balaban J connectivity index is 1.69. The van der Waals surface area contributed by atoms with Crippen molar-refractivity contribution in [2.24, 2.45) is 5.41 Å². The van der Waals surface area contributed by atoms with E-state index in [1.54, 1.807) is 12.4 Å². The fourth-order valence-electron chi connectivity index (χ4n) is 2.76. The lowest BCUT2D eigenvalue weighted by Gasteiger charge is -2.17. The molecule has 6 heteroatoms. The van der Waals surface area contributed by atoms with Crippen LogP contribution in [0.15, 0.2) is 61.1 Å². The number of nitrogens with one attached hydrogen (secondary N) is 2. The molecule has 0 bridgehead atoms. The van der Waals surface area contributed by atoms with Crippen LogP contribution in [-0.4, -0.2) is 33.8 Å². The fourth-order valence-corrected chi connectivity index (χ4v) is 2.76. The molecule has 2 heterocycles. The number of nitrogens with zero attached hydrogens (tertiary/aromatic N) is 3. The van der Waals surface area contributed by atoms with Gasteiger partial charge in [0.1, 0.15) is 0 Å². The molecule has 3 rings (SSSR count). The summed E-state index contributed by atoms with van der Waals surface area (Å²) in [5.41, 5.74) is 3.70. The van der Waals surface area contributed by atoms with E-state index in [0.29, 0.717) is 19.6 Å². The normalized spacial score (nSPS) is 11.4. The summed E-state index contributed by atoms with van der Waals surface area (Å²) in [7, 11) is 0. The second-order valence-electron chi connectivity index (χ2n) is 7.70. The minimum Gasteiger partial charge on any atom is -0.354 e. The van der Waals surface area contributed by atoms with Crippen molar-refractivity contribution in [3.8, 4) is 16.9 Å². The maximum atomic E-state index is 11.9. The molecule has 1 amide bonds. The summed E-state index contributed by atoms with van der Waals surface area (Å²) in [5, 5.41) is 11.1. The van der Waals surface area contributed by atoms with E-state index in [2.05, 4.69) is 15.6 Å². The molecule has 1 aromatic carbocycles. The van der Waals surface area contributed by atoms with E-state index in [0.717, 1.165) is 22.5 Å². The van der Waals surface area contributed by atoms with Crippen LogP contribution in [0.2, 0.25) is 0 Å². The highest BCUT2D eigenvalue weighted by Crippen LogP contribution is 2.23. The second kappa shape index (κ2) is 8.80. The van der Waals surface area contributed by atoms with Crippen LogP contribution in [0.1, 0.15) is 26.3 Å². The molecule has 0 atom stereocenters. The lowest BCUT2D eigenvalue weighted by atomic mass is 9.96. The molecule has 0 aliphatic carbocycles. The van der Waals surface area contributed by atoms with Crippen molar-refractivity contribution >= 4 is 5.91 Å². The number of carbonyl (C=O) groups excluding carboxylic acids is 1. The molecule has 0 aliphatic rings. The van der Waals surface area contributed by atoms with Gasteiger partial charge < -0.3 is 10.6 Å². The highest BCUT2D eigenvalue weighted by Gasteiger charge is 2.20. The minimum atomic E-state index is -0.370. The maximum absolute atomic E-state index is 11.9. The van der Waals surface area contributed by atoms with E-state index in [4.69, 9.17) is 5.10 Å². The molecule has 2 N–H and O–H groups in total. The first kappa shape index (κ1) is 19.8. The Morgan fingerprint density at radius 1 is 1.04 bits per heavy atom. The van der Waals surface area contributed by atoms with Crippen molar-refractivity contribution in [2.75, 3.05) is 13.1 Å². The molecular formula is C22H27N5O. The highest BCUT2D eigenvalue weighted by atomic mass is 16.2. The van der Waals surface area contributed by atoms with Crippen LogP contribution in [-0.2, 0) is 11.3 Å². The van der Waals surface area contributed by atoms with Crippen LogP contribution in [0.25, 0.3) is 16.9 Å². The second-order valence-corrected chi connectivity index (χ2v) is 7.70. The molecule has 0 aliphatic heterocycles. The standard InChI is InChI=1S/C22H27N5O/c1-22(2,3)21(28)25-14-13-24-15-18-16-27(19-7-5-4-6-8-19)26-20(18)17-9-11-23-12-10-17/h4-12,16,24H,13-15H2,1-3H3,(H,25,28). The van der Waals surface area contributed by atoms with Crippen LogP contribution >= 0.6 is 0 Å². The average molecular weight is 377 g/mol. The largest absolute Gasteiger partial charge is 0.354 e. The van der Waals surface area contributed by atoms with Gasteiger partial charge in [0.25, 0.3) is 0 Å². The van der Waals surface area contributed by atoms with Gasteiger partial charge in [-0.3, -0.25) is 9.78 Å². The van der Waals surface area contributed by atoms with E-state index in [-0.39, 0.29) is 11.3 Å². The number of hydrogen-bond donors (Lipinski definition) is 2. The number of aromatic nitrogens is 3. The third kappa shape index (κ3) is 5.04. The smallest absolute Gasteiger partial charge is 0.225 e. The van der Waals surface area contributed by atoms with Crippen LogP contribution in [0.3, 0.4) is 0 Å². The predicted octanol–water partition coefficient (Wildman–Crippen LogP) is 3.19. The van der Waals surface area contributed by atoms with Crippen molar-refractivity contribution in [3.05, 3.63) is 66.6 Å². The number of para-hydroxylation sites is 1. The Kier molecular flexibility index (Phi) is 6.21. The molecule has 0 spiro atoms. The monoisotopic (exact) mass is 377 g/mol. The summed E-state index contributed by atoms with van der Waals surface area (Å²) in [6.45, 7) is 7.68. The molecule has 6 nitrogen and oxygen atoms in total. The van der Waals surface area contributed by atoms with E-state index in [1.165, 1.54) is 0 Å². The van der Waals surface area contributed by atoms with Gasteiger partial charge in [-0.25, -0.2) is 4.68 Å². The first-order chi connectivity index (χ1) is 13.4. The molecular weight excluding hydrogens is 350 g/mol. The van der Waals surface area contributed by atoms with Crippen molar-refractivity contribution in [1.29, 1.82) is 0 Å². The van der Waals surface area contributed by atoms with Gasteiger partial charge in [-0.2, -0.15) is 5.10 Å². The lowest BCUT2D eigenvalue weighted by Crippen LogP contribution is -2.38. The average Bonchev–Trinajstić information content (AvgIpc) is 3.12. The summed E-state index contributed by atoms with van der Waals surface area (Å²) in [6, 6.07) is 14.0. The summed E-state index contributed by atoms with van der Waals surface area (Å²) in [4.78, 5) is 16.0. The Bertz CT molecular complexity index is 898. The molecule has 2 aromatic heterocycles. The Morgan fingerprint density at radius 3 is 2.43 bits per heavy atom. The van der Waals surface area contributed by atoms with Crippen molar-refractivity contribution < 1.29 is 4.79 Å². The topological polar surface area (TPSA) is 71.8 Å². The first-order valence-corrected chi connectivity index (χ1v) is 9.48. The zero-order chi connectivity index (χ0) is 20.0. The Morgan fingerprint density at radius 2 is 1.75 bits per heavy atom. The Hall–Kier alpha value is -2.99. The molecule has 0 fully saturated rings. The quantitative estimate of drug-likeness (QED) is 0.620. The third-order valence-electron chi connectivity index (χ3n) is 4.35. The zero-order valence-electron chi connectivity index (χ0n) is 16.6. The summed E-state index contributed by atoms with van der Waals surface area (Å²) >= 11 is 0. The first-order valence-electron chi connectivity index (χ1n) is 9.48. The maximum Gasteiger partial charge on any atom is 0.225 e. The van der Waals surface area contributed by atoms with Crippen LogP contribution in [0.4, 0.5) is 0 Å². The SMILES string of the molecule is CC(C)(C)C(=O)NCCNCc1cn(-c2ccccc2)nc1-c1ccncc1. The number of hydrogen-bond acceptors (Lipinski definition) is 4. The molecule has 0 saturated carbocycles. The van der Waals surface area contributed by atoms with Gasteiger partial charge in [-0.15, -0.1) is 0 Å². The van der Waals surface area contributed by atoms with E-state index < -0.39 is 0 Å². The van der Waals surface area contributed by atoms with Crippen molar-refractivity contribution in [1.82, 2.24) is 25.4 Å². The molecule has 3 aromatic rings. The molecule has 0 saturated heterocycles. The molecule has 0 unspecified atom stereocenters. The third-order valence-corrected chi connectivity index (χ3v) is 4.35. The van der Waals surface area contributed by atoms with Gasteiger partial charge in [-0.05, 0) is 24.3 Å². The van der Waals surface area contributed by atoms with Gasteiger partial charge in [0.15, 0.2) is 0 Å². The summed E-state index contributed by atoms with van der Waals surface area (Å²) in [6.07, 6.45) is 5.60. The van der Waals surface area contributed by atoms with E-state index >= 15 is 0 Å². The number of pyridine rings is 1. The van der Waals surface area contributed by atoms with Gasteiger partial charge in [0.05, 0.1) is 11.4 Å². The van der Waals surface area contributed by atoms with Crippen molar-refractivity contribution in [2.45, 2.75) is 27.3 Å². The fraction of sp³-hybridized carbons (Fsp3) is 0.318. The van der Waals surface area contributed by atoms with Gasteiger partial charge in [0.2, 0.25) is 5.91 Å².